The lowest BCUT2D eigenvalue weighted by atomic mass is 10.3. The van der Waals surface area contributed by atoms with E-state index in [1.54, 1.807) is 6.20 Å². The minimum Gasteiger partial charge on any atom is -0.235 e. The second kappa shape index (κ2) is 3.52. The van der Waals surface area contributed by atoms with Gasteiger partial charge in [-0.2, -0.15) is 0 Å². The second-order valence-electron chi connectivity index (χ2n) is 2.46. The zero-order valence-electron chi connectivity index (χ0n) is 6.26. The molecule has 0 aliphatic heterocycles. The van der Waals surface area contributed by atoms with Crippen molar-refractivity contribution >= 4 is 54.5 Å². The zero-order valence-corrected chi connectivity index (χ0v) is 10.2. The first kappa shape index (κ1) is 9.37. The monoisotopic (exact) mass is 320 g/mol. The van der Waals surface area contributed by atoms with Gasteiger partial charge in [0.1, 0.15) is 5.15 Å². The fraction of sp³-hybridized carbons (Fsp3) is 0. The molecule has 2 aromatic heterocycles. The number of aromatic nitrogens is 2. The van der Waals surface area contributed by atoms with Crippen molar-refractivity contribution in [1.29, 1.82) is 0 Å². The van der Waals surface area contributed by atoms with Gasteiger partial charge in [-0.3, -0.25) is 0 Å². The van der Waals surface area contributed by atoms with Gasteiger partial charge < -0.3 is 0 Å². The van der Waals surface area contributed by atoms with E-state index in [-0.39, 0.29) is 0 Å². The van der Waals surface area contributed by atoms with Crippen LogP contribution in [-0.4, -0.2) is 9.97 Å². The van der Waals surface area contributed by atoms with Crippen molar-refractivity contribution in [3.63, 3.8) is 0 Å². The average Bonchev–Trinajstić information content (AvgIpc) is 2.08. The van der Waals surface area contributed by atoms with Crippen LogP contribution in [0.15, 0.2) is 27.3 Å². The van der Waals surface area contributed by atoms with Gasteiger partial charge in [-0.1, -0.05) is 11.6 Å². The Kier molecular flexibility index (Phi) is 2.53. The second-order valence-corrected chi connectivity index (χ2v) is 4.59. The lowest BCUT2D eigenvalue weighted by Gasteiger charge is -1.99. The third kappa shape index (κ3) is 1.85. The predicted octanol–water partition coefficient (Wildman–Crippen LogP) is 3.81. The normalized spacial score (nSPS) is 10.7. The zero-order chi connectivity index (χ0) is 9.42. The molecule has 0 radical (unpaired) electrons. The summed E-state index contributed by atoms with van der Waals surface area (Å²) in [7, 11) is 0. The Balaban J connectivity index is 2.81. The highest BCUT2D eigenvalue weighted by Crippen LogP contribution is 2.25. The van der Waals surface area contributed by atoms with E-state index in [1.807, 2.05) is 12.1 Å². The molecule has 2 heterocycles. The Morgan fingerprint density at radius 2 is 2.00 bits per heavy atom. The lowest BCUT2D eigenvalue weighted by molar-refractivity contribution is 1.27. The van der Waals surface area contributed by atoms with Crippen LogP contribution in [0, 0.1) is 0 Å². The molecular formula is C8H3Br2ClN2. The Hall–Kier alpha value is -0.190. The molecule has 0 bridgehead atoms. The average molecular weight is 322 g/mol. The summed E-state index contributed by atoms with van der Waals surface area (Å²) in [4.78, 5) is 8.22. The summed E-state index contributed by atoms with van der Waals surface area (Å²) in [5.74, 6) is 0. The van der Waals surface area contributed by atoms with Gasteiger partial charge in [0, 0.05) is 16.1 Å². The molecule has 0 aliphatic carbocycles. The summed E-state index contributed by atoms with van der Waals surface area (Å²) >= 11 is 12.5. The molecule has 0 unspecified atom stereocenters. The lowest BCUT2D eigenvalue weighted by Crippen LogP contribution is -1.85. The van der Waals surface area contributed by atoms with Crippen molar-refractivity contribution < 1.29 is 0 Å². The highest BCUT2D eigenvalue weighted by Gasteiger charge is 2.03. The molecule has 0 aliphatic rings. The number of nitrogens with zero attached hydrogens (tertiary/aromatic N) is 2. The van der Waals surface area contributed by atoms with Gasteiger partial charge in [-0.15, -0.1) is 0 Å². The van der Waals surface area contributed by atoms with Crippen LogP contribution < -0.4 is 0 Å². The topological polar surface area (TPSA) is 25.8 Å². The van der Waals surface area contributed by atoms with Gasteiger partial charge in [0.2, 0.25) is 0 Å². The molecule has 2 nitrogen and oxygen atoms in total. The van der Waals surface area contributed by atoms with Crippen LogP contribution in [0.4, 0.5) is 0 Å². The fourth-order valence-electron chi connectivity index (χ4n) is 0.990. The molecule has 0 saturated heterocycles. The van der Waals surface area contributed by atoms with Crippen molar-refractivity contribution in [3.05, 3.63) is 32.4 Å². The number of fused-ring (bicyclic) bond motifs is 1. The van der Waals surface area contributed by atoms with E-state index in [9.17, 15) is 0 Å². The standard InChI is InChI=1S/C8H3Br2ClN2/c9-5-1-4-2-6(10)7(11)13-8(4)12-3-5/h1-3H. The van der Waals surface area contributed by atoms with Crippen LogP contribution in [0.5, 0.6) is 0 Å². The minimum atomic E-state index is 0.433. The van der Waals surface area contributed by atoms with E-state index < -0.39 is 0 Å². The molecule has 2 rings (SSSR count). The molecule has 0 N–H and O–H groups in total. The van der Waals surface area contributed by atoms with Gasteiger partial charge in [-0.25, -0.2) is 9.97 Å². The van der Waals surface area contributed by atoms with Gasteiger partial charge >= 0.3 is 0 Å². The molecule has 5 heteroatoms. The first-order valence-corrected chi connectivity index (χ1v) is 5.40. The van der Waals surface area contributed by atoms with Crippen LogP contribution >= 0.6 is 43.5 Å². The molecule has 66 valence electrons. The molecule has 2 aromatic rings. The van der Waals surface area contributed by atoms with Crippen molar-refractivity contribution in [3.8, 4) is 0 Å². The summed E-state index contributed by atoms with van der Waals surface area (Å²) in [6.07, 6.45) is 1.69. The maximum absolute atomic E-state index is 5.82. The maximum atomic E-state index is 5.82. The third-order valence-corrected chi connectivity index (χ3v) is 3.10. The predicted molar refractivity (Wildman–Crippen MR) is 59.9 cm³/mol. The number of halogens is 3. The fourth-order valence-corrected chi connectivity index (χ4v) is 1.81. The Labute approximate surface area is 96.6 Å². The molecule has 0 saturated carbocycles. The van der Waals surface area contributed by atoms with Crippen LogP contribution in [0.2, 0.25) is 5.15 Å². The van der Waals surface area contributed by atoms with Crippen LogP contribution in [-0.2, 0) is 0 Å². The quantitative estimate of drug-likeness (QED) is 0.689. The number of rotatable bonds is 0. The summed E-state index contributed by atoms with van der Waals surface area (Å²) in [6.45, 7) is 0. The smallest absolute Gasteiger partial charge is 0.160 e. The molecule has 0 amide bonds. The van der Waals surface area contributed by atoms with Crippen LogP contribution in [0.3, 0.4) is 0 Å². The number of pyridine rings is 2. The SMILES string of the molecule is Clc1nc2ncc(Br)cc2cc1Br. The summed E-state index contributed by atoms with van der Waals surface area (Å²) in [5.41, 5.74) is 0.649. The van der Waals surface area contributed by atoms with E-state index in [2.05, 4.69) is 41.8 Å². The van der Waals surface area contributed by atoms with E-state index in [1.165, 1.54) is 0 Å². The van der Waals surface area contributed by atoms with E-state index in [0.29, 0.717) is 10.8 Å². The van der Waals surface area contributed by atoms with Gasteiger partial charge in [0.25, 0.3) is 0 Å². The molecule has 13 heavy (non-hydrogen) atoms. The van der Waals surface area contributed by atoms with Crippen molar-refractivity contribution in [2.24, 2.45) is 0 Å². The van der Waals surface area contributed by atoms with Crippen LogP contribution in [0.25, 0.3) is 11.0 Å². The largest absolute Gasteiger partial charge is 0.235 e. The van der Waals surface area contributed by atoms with Gasteiger partial charge in [0.15, 0.2) is 5.65 Å². The molecular weight excluding hydrogens is 319 g/mol. The maximum Gasteiger partial charge on any atom is 0.160 e. The van der Waals surface area contributed by atoms with E-state index in [0.717, 1.165) is 14.3 Å². The van der Waals surface area contributed by atoms with Crippen molar-refractivity contribution in [1.82, 2.24) is 9.97 Å². The summed E-state index contributed by atoms with van der Waals surface area (Å²) in [6, 6.07) is 3.83. The number of hydrogen-bond acceptors (Lipinski definition) is 2. The van der Waals surface area contributed by atoms with E-state index in [4.69, 9.17) is 11.6 Å². The van der Waals surface area contributed by atoms with Gasteiger partial charge in [0.05, 0.1) is 4.47 Å². The van der Waals surface area contributed by atoms with Gasteiger partial charge in [-0.05, 0) is 44.0 Å². The third-order valence-electron chi connectivity index (χ3n) is 1.55. The molecule has 0 aromatic carbocycles. The molecule has 0 spiro atoms. The summed E-state index contributed by atoms with van der Waals surface area (Å²) in [5, 5.41) is 1.38. The minimum absolute atomic E-state index is 0.433. The highest BCUT2D eigenvalue weighted by atomic mass is 79.9. The first-order valence-electron chi connectivity index (χ1n) is 3.44. The Morgan fingerprint density at radius 1 is 1.23 bits per heavy atom. The molecule has 0 fully saturated rings. The van der Waals surface area contributed by atoms with Crippen molar-refractivity contribution in [2.45, 2.75) is 0 Å². The highest BCUT2D eigenvalue weighted by molar-refractivity contribution is 9.10. The number of hydrogen-bond donors (Lipinski definition) is 0. The summed E-state index contributed by atoms with van der Waals surface area (Å²) < 4.78 is 1.71. The first-order chi connectivity index (χ1) is 6.16. The molecule has 0 atom stereocenters. The Morgan fingerprint density at radius 3 is 2.77 bits per heavy atom. The van der Waals surface area contributed by atoms with Crippen molar-refractivity contribution in [2.75, 3.05) is 0 Å². The van der Waals surface area contributed by atoms with E-state index >= 15 is 0 Å². The Bertz CT molecular complexity index is 473. The van der Waals surface area contributed by atoms with Crippen LogP contribution in [0.1, 0.15) is 0 Å².